The van der Waals surface area contributed by atoms with Crippen LogP contribution in [0.25, 0.3) is 0 Å². The molecule has 0 radical (unpaired) electrons. The predicted octanol–water partition coefficient (Wildman–Crippen LogP) is 3.21. The third-order valence-corrected chi connectivity index (χ3v) is 3.70. The summed E-state index contributed by atoms with van der Waals surface area (Å²) in [7, 11) is 0. The van der Waals surface area contributed by atoms with Gasteiger partial charge >= 0.3 is 0 Å². The molecule has 0 bridgehead atoms. The molecule has 1 fully saturated rings. The molecule has 2 rings (SSSR count). The van der Waals surface area contributed by atoms with Crippen LogP contribution in [0.4, 0.5) is 11.6 Å². The lowest BCUT2D eigenvalue weighted by molar-refractivity contribution is 0.303. The van der Waals surface area contributed by atoms with Crippen LogP contribution in [-0.2, 0) is 0 Å². The molecule has 0 unspecified atom stereocenters. The van der Waals surface area contributed by atoms with Gasteiger partial charge in [-0.15, -0.1) is 0 Å². The first kappa shape index (κ1) is 13.1. The molecule has 4 heteroatoms. The van der Waals surface area contributed by atoms with Crippen LogP contribution in [0.3, 0.4) is 0 Å². The average molecular weight is 248 g/mol. The van der Waals surface area contributed by atoms with Crippen LogP contribution in [0.5, 0.6) is 0 Å². The maximum atomic E-state index is 4.33. The first-order chi connectivity index (χ1) is 8.81. The molecule has 0 amide bonds. The zero-order valence-electron chi connectivity index (χ0n) is 11.5. The van der Waals surface area contributed by atoms with Crippen molar-refractivity contribution in [3.8, 4) is 0 Å². The molecule has 2 N–H and O–H groups in total. The van der Waals surface area contributed by atoms with Crippen molar-refractivity contribution < 1.29 is 0 Å². The van der Waals surface area contributed by atoms with Gasteiger partial charge in [-0.3, -0.25) is 0 Å². The molecular formula is C14H24N4. The summed E-state index contributed by atoms with van der Waals surface area (Å²) in [5.74, 6) is 2.87. The van der Waals surface area contributed by atoms with Gasteiger partial charge in [-0.25, -0.2) is 9.97 Å². The second kappa shape index (κ2) is 6.57. The fourth-order valence-corrected chi connectivity index (χ4v) is 2.23. The van der Waals surface area contributed by atoms with Crippen LogP contribution >= 0.6 is 0 Å². The first-order valence-corrected chi connectivity index (χ1v) is 7.10. The van der Waals surface area contributed by atoms with Crippen LogP contribution in [0.1, 0.15) is 44.6 Å². The summed E-state index contributed by atoms with van der Waals surface area (Å²) in [6.07, 6.45) is 8.25. The second-order valence-corrected chi connectivity index (χ2v) is 5.14. The topological polar surface area (TPSA) is 49.8 Å². The normalized spacial score (nSPS) is 15.2. The Hall–Kier alpha value is -1.32. The Balaban J connectivity index is 1.86. The molecule has 1 aromatic rings. The Morgan fingerprint density at radius 3 is 2.39 bits per heavy atom. The Bertz CT molecular complexity index is 374. The molecule has 0 spiro atoms. The van der Waals surface area contributed by atoms with Crippen LogP contribution in [0.15, 0.2) is 6.33 Å². The molecule has 0 aliphatic heterocycles. The predicted molar refractivity (Wildman–Crippen MR) is 76.0 cm³/mol. The van der Waals surface area contributed by atoms with Crippen molar-refractivity contribution in [3.63, 3.8) is 0 Å². The fraction of sp³-hybridized carbons (Fsp3) is 0.714. The summed E-state index contributed by atoms with van der Waals surface area (Å²) in [5, 5.41) is 6.77. The zero-order valence-corrected chi connectivity index (χ0v) is 11.5. The van der Waals surface area contributed by atoms with Crippen LogP contribution < -0.4 is 10.6 Å². The second-order valence-electron chi connectivity index (χ2n) is 5.14. The quantitative estimate of drug-likeness (QED) is 0.778. The standard InChI is InChI=1S/C14H24N4/c1-3-8-15-13-11(2)14(18-10-17-13)16-9-7-12-5-4-6-12/h10,12H,3-9H2,1-2H3,(H2,15,16,17,18). The van der Waals surface area contributed by atoms with E-state index in [2.05, 4.69) is 34.4 Å². The van der Waals surface area contributed by atoms with E-state index in [0.29, 0.717) is 0 Å². The van der Waals surface area contributed by atoms with Crippen molar-refractivity contribution in [2.24, 2.45) is 5.92 Å². The third kappa shape index (κ3) is 3.34. The van der Waals surface area contributed by atoms with E-state index in [1.54, 1.807) is 6.33 Å². The largest absolute Gasteiger partial charge is 0.370 e. The molecular weight excluding hydrogens is 224 g/mol. The van der Waals surface area contributed by atoms with Crippen LogP contribution in [-0.4, -0.2) is 23.1 Å². The minimum Gasteiger partial charge on any atom is -0.370 e. The number of anilines is 2. The van der Waals surface area contributed by atoms with Gasteiger partial charge in [0.25, 0.3) is 0 Å². The number of nitrogens with zero attached hydrogens (tertiary/aromatic N) is 2. The van der Waals surface area contributed by atoms with Gasteiger partial charge in [-0.2, -0.15) is 0 Å². The molecule has 18 heavy (non-hydrogen) atoms. The maximum absolute atomic E-state index is 4.33. The highest BCUT2D eigenvalue weighted by Crippen LogP contribution is 2.29. The van der Waals surface area contributed by atoms with Crippen molar-refractivity contribution in [1.29, 1.82) is 0 Å². The van der Waals surface area contributed by atoms with Crippen molar-refractivity contribution >= 4 is 11.6 Å². The number of nitrogens with one attached hydrogen (secondary N) is 2. The highest BCUT2D eigenvalue weighted by Gasteiger charge is 2.16. The van der Waals surface area contributed by atoms with Gasteiger partial charge in [0.2, 0.25) is 0 Å². The Morgan fingerprint density at radius 2 is 1.83 bits per heavy atom. The third-order valence-electron chi connectivity index (χ3n) is 3.70. The molecule has 0 atom stereocenters. The van der Waals surface area contributed by atoms with E-state index in [0.717, 1.165) is 42.6 Å². The fourth-order valence-electron chi connectivity index (χ4n) is 2.23. The van der Waals surface area contributed by atoms with Gasteiger partial charge in [0.15, 0.2) is 0 Å². The van der Waals surface area contributed by atoms with Crippen molar-refractivity contribution in [1.82, 2.24) is 9.97 Å². The van der Waals surface area contributed by atoms with E-state index < -0.39 is 0 Å². The zero-order chi connectivity index (χ0) is 12.8. The summed E-state index contributed by atoms with van der Waals surface area (Å²) in [6.45, 7) is 6.21. The number of hydrogen-bond donors (Lipinski definition) is 2. The van der Waals surface area contributed by atoms with Gasteiger partial charge in [-0.05, 0) is 25.7 Å². The maximum Gasteiger partial charge on any atom is 0.134 e. The van der Waals surface area contributed by atoms with Gasteiger partial charge < -0.3 is 10.6 Å². The molecule has 100 valence electrons. The van der Waals surface area contributed by atoms with Gasteiger partial charge in [0.05, 0.1) is 0 Å². The smallest absolute Gasteiger partial charge is 0.134 e. The van der Waals surface area contributed by atoms with Gasteiger partial charge in [0, 0.05) is 18.7 Å². The van der Waals surface area contributed by atoms with E-state index >= 15 is 0 Å². The van der Waals surface area contributed by atoms with Gasteiger partial charge in [0.1, 0.15) is 18.0 Å². The molecule has 0 aromatic carbocycles. The van der Waals surface area contributed by atoms with Crippen LogP contribution in [0.2, 0.25) is 0 Å². The van der Waals surface area contributed by atoms with E-state index in [1.807, 2.05) is 0 Å². The Kier molecular flexibility index (Phi) is 4.79. The summed E-state index contributed by atoms with van der Waals surface area (Å²) in [4.78, 5) is 8.61. The average Bonchev–Trinajstić information content (AvgIpc) is 2.32. The molecule has 1 heterocycles. The first-order valence-electron chi connectivity index (χ1n) is 7.10. The molecule has 4 nitrogen and oxygen atoms in total. The molecule has 0 saturated heterocycles. The molecule has 1 saturated carbocycles. The number of hydrogen-bond acceptors (Lipinski definition) is 4. The Morgan fingerprint density at radius 1 is 1.17 bits per heavy atom. The minimum atomic E-state index is 0.942. The molecule has 1 aliphatic rings. The SMILES string of the molecule is CCCNc1ncnc(NCCC2CCC2)c1C. The van der Waals surface area contributed by atoms with E-state index in [-0.39, 0.29) is 0 Å². The summed E-state index contributed by atoms with van der Waals surface area (Å²) in [5.41, 5.74) is 1.12. The number of aromatic nitrogens is 2. The van der Waals surface area contributed by atoms with E-state index in [1.165, 1.54) is 25.7 Å². The van der Waals surface area contributed by atoms with E-state index in [4.69, 9.17) is 0 Å². The Labute approximate surface area is 110 Å². The van der Waals surface area contributed by atoms with Crippen LogP contribution in [0, 0.1) is 12.8 Å². The summed E-state index contributed by atoms with van der Waals surface area (Å²) < 4.78 is 0. The lowest BCUT2D eigenvalue weighted by Gasteiger charge is -2.25. The van der Waals surface area contributed by atoms with Crippen molar-refractivity contribution in [3.05, 3.63) is 11.9 Å². The van der Waals surface area contributed by atoms with E-state index in [9.17, 15) is 0 Å². The molecule has 1 aliphatic carbocycles. The highest BCUT2D eigenvalue weighted by molar-refractivity contribution is 5.56. The lowest BCUT2D eigenvalue weighted by Crippen LogP contribution is -2.16. The monoisotopic (exact) mass is 248 g/mol. The number of rotatable bonds is 7. The minimum absolute atomic E-state index is 0.942. The highest BCUT2D eigenvalue weighted by atomic mass is 15.1. The van der Waals surface area contributed by atoms with Gasteiger partial charge in [-0.1, -0.05) is 26.2 Å². The van der Waals surface area contributed by atoms with Crippen molar-refractivity contribution in [2.75, 3.05) is 23.7 Å². The molecule has 1 aromatic heterocycles. The summed E-state index contributed by atoms with van der Waals surface area (Å²) >= 11 is 0. The lowest BCUT2D eigenvalue weighted by atomic mass is 9.83. The summed E-state index contributed by atoms with van der Waals surface area (Å²) in [6, 6.07) is 0. The van der Waals surface area contributed by atoms with Crippen molar-refractivity contribution in [2.45, 2.75) is 46.0 Å².